The van der Waals surface area contributed by atoms with E-state index in [1.807, 2.05) is 0 Å². The standard InChI is InChI=1S/C7H5F5OS/c8-6(9)4(13)3-1-2-14-5(3)7(10,11)12/h1-2,4,6,13H. The Hall–Kier alpha value is -0.690. The minimum atomic E-state index is -4.70. The maximum absolute atomic E-state index is 12.2. The maximum atomic E-state index is 12.2. The lowest BCUT2D eigenvalue weighted by atomic mass is 10.1. The molecule has 1 heterocycles. The summed E-state index contributed by atoms with van der Waals surface area (Å²) in [5, 5.41) is 9.81. The van der Waals surface area contributed by atoms with Crippen LogP contribution in [-0.2, 0) is 6.18 Å². The van der Waals surface area contributed by atoms with Gasteiger partial charge in [-0.2, -0.15) is 13.2 Å². The summed E-state index contributed by atoms with van der Waals surface area (Å²) in [6, 6.07) is 0.852. The van der Waals surface area contributed by atoms with Gasteiger partial charge in [0.05, 0.1) is 0 Å². The quantitative estimate of drug-likeness (QED) is 0.777. The van der Waals surface area contributed by atoms with Crippen molar-refractivity contribution in [3.05, 3.63) is 21.9 Å². The van der Waals surface area contributed by atoms with Crippen molar-refractivity contribution in [2.75, 3.05) is 0 Å². The molecule has 14 heavy (non-hydrogen) atoms. The van der Waals surface area contributed by atoms with Gasteiger partial charge >= 0.3 is 6.18 Å². The molecule has 0 fully saturated rings. The molecule has 0 aliphatic rings. The van der Waals surface area contributed by atoms with Crippen LogP contribution in [0.4, 0.5) is 22.0 Å². The Morgan fingerprint density at radius 1 is 1.29 bits per heavy atom. The summed E-state index contributed by atoms with van der Waals surface area (Å²) in [5.41, 5.74) is -0.766. The lowest BCUT2D eigenvalue weighted by Gasteiger charge is -2.12. The predicted octanol–water partition coefficient (Wildman–Crippen LogP) is 3.07. The molecule has 1 unspecified atom stereocenters. The summed E-state index contributed by atoms with van der Waals surface area (Å²) in [6.07, 6.45) is -10.3. The fourth-order valence-electron chi connectivity index (χ4n) is 0.918. The zero-order valence-electron chi connectivity index (χ0n) is 6.55. The van der Waals surface area contributed by atoms with Crippen LogP contribution >= 0.6 is 11.3 Å². The first-order valence-corrected chi connectivity index (χ1v) is 4.33. The van der Waals surface area contributed by atoms with Crippen molar-refractivity contribution < 1.29 is 27.1 Å². The molecule has 1 aromatic heterocycles. The van der Waals surface area contributed by atoms with Crippen molar-refractivity contribution in [1.29, 1.82) is 0 Å². The monoisotopic (exact) mass is 232 g/mol. The van der Waals surface area contributed by atoms with Gasteiger partial charge in [0.1, 0.15) is 11.0 Å². The predicted molar refractivity (Wildman–Crippen MR) is 40.3 cm³/mol. The number of alkyl halides is 5. The van der Waals surface area contributed by atoms with Crippen LogP contribution in [0.15, 0.2) is 11.4 Å². The Bertz CT molecular complexity index is 305. The molecule has 0 aliphatic heterocycles. The van der Waals surface area contributed by atoms with Gasteiger partial charge < -0.3 is 5.11 Å². The minimum Gasteiger partial charge on any atom is -0.382 e. The van der Waals surface area contributed by atoms with E-state index < -0.39 is 29.1 Å². The normalized spacial score (nSPS) is 14.8. The molecule has 7 heteroatoms. The van der Waals surface area contributed by atoms with E-state index in [1.165, 1.54) is 0 Å². The summed E-state index contributed by atoms with van der Waals surface area (Å²) in [6.45, 7) is 0. The molecule has 0 radical (unpaired) electrons. The second-order valence-electron chi connectivity index (χ2n) is 2.48. The van der Waals surface area contributed by atoms with Crippen LogP contribution in [0, 0.1) is 0 Å². The van der Waals surface area contributed by atoms with Crippen LogP contribution in [0.25, 0.3) is 0 Å². The summed E-state index contributed by atoms with van der Waals surface area (Å²) in [7, 11) is 0. The first kappa shape index (κ1) is 11.4. The van der Waals surface area contributed by atoms with Crippen molar-refractivity contribution in [3.8, 4) is 0 Å². The van der Waals surface area contributed by atoms with Gasteiger partial charge in [-0.3, -0.25) is 0 Å². The second kappa shape index (κ2) is 3.82. The SMILES string of the molecule is OC(c1ccsc1C(F)(F)F)C(F)F. The van der Waals surface area contributed by atoms with Crippen LogP contribution < -0.4 is 0 Å². The summed E-state index contributed by atoms with van der Waals surface area (Å²) in [4.78, 5) is -1.18. The number of hydrogen-bond acceptors (Lipinski definition) is 2. The Morgan fingerprint density at radius 3 is 2.29 bits per heavy atom. The third-order valence-electron chi connectivity index (χ3n) is 1.51. The van der Waals surface area contributed by atoms with E-state index in [9.17, 15) is 22.0 Å². The number of halogens is 5. The Morgan fingerprint density at radius 2 is 1.86 bits per heavy atom. The van der Waals surface area contributed by atoms with Crippen LogP contribution in [0.5, 0.6) is 0 Å². The second-order valence-corrected chi connectivity index (χ2v) is 3.40. The molecule has 1 rings (SSSR count). The van der Waals surface area contributed by atoms with Gasteiger partial charge in [0.15, 0.2) is 0 Å². The van der Waals surface area contributed by atoms with Gasteiger partial charge in [0.25, 0.3) is 6.43 Å². The van der Waals surface area contributed by atoms with Crippen molar-refractivity contribution in [2.45, 2.75) is 18.7 Å². The van der Waals surface area contributed by atoms with E-state index in [0.29, 0.717) is 0 Å². The molecule has 80 valence electrons. The van der Waals surface area contributed by atoms with Gasteiger partial charge in [0, 0.05) is 5.56 Å². The fourth-order valence-corrected chi connectivity index (χ4v) is 1.73. The zero-order valence-corrected chi connectivity index (χ0v) is 7.37. The first-order valence-electron chi connectivity index (χ1n) is 3.45. The van der Waals surface area contributed by atoms with E-state index in [2.05, 4.69) is 0 Å². The molecule has 0 saturated carbocycles. The highest BCUT2D eigenvalue weighted by molar-refractivity contribution is 7.10. The number of hydrogen-bond donors (Lipinski definition) is 1. The molecule has 0 bridgehead atoms. The average molecular weight is 232 g/mol. The third-order valence-corrected chi connectivity index (χ3v) is 2.49. The van der Waals surface area contributed by atoms with E-state index in [0.717, 1.165) is 11.4 Å². The molecular weight excluding hydrogens is 227 g/mol. The van der Waals surface area contributed by atoms with Crippen LogP contribution in [-0.4, -0.2) is 11.5 Å². The molecule has 0 aromatic carbocycles. The topological polar surface area (TPSA) is 20.2 Å². The van der Waals surface area contributed by atoms with Crippen molar-refractivity contribution in [2.24, 2.45) is 0 Å². The molecular formula is C7H5F5OS. The van der Waals surface area contributed by atoms with Crippen molar-refractivity contribution >= 4 is 11.3 Å². The van der Waals surface area contributed by atoms with Gasteiger partial charge in [-0.1, -0.05) is 0 Å². The van der Waals surface area contributed by atoms with Gasteiger partial charge in [-0.25, -0.2) is 8.78 Å². The van der Waals surface area contributed by atoms with Crippen LogP contribution in [0.1, 0.15) is 16.5 Å². The largest absolute Gasteiger partial charge is 0.425 e. The first-order chi connectivity index (χ1) is 6.34. The Kier molecular flexibility index (Phi) is 3.10. The molecule has 1 atom stereocenters. The summed E-state index contributed by atoms with van der Waals surface area (Å²) >= 11 is 0.284. The lowest BCUT2D eigenvalue weighted by Crippen LogP contribution is -2.13. The molecule has 0 saturated heterocycles. The molecule has 0 aliphatic carbocycles. The third kappa shape index (κ3) is 2.21. The highest BCUT2D eigenvalue weighted by Gasteiger charge is 2.38. The highest BCUT2D eigenvalue weighted by Crippen LogP contribution is 2.39. The number of aliphatic hydroxyl groups excluding tert-OH is 1. The van der Waals surface area contributed by atoms with E-state index in [-0.39, 0.29) is 11.3 Å². The van der Waals surface area contributed by atoms with E-state index in [4.69, 9.17) is 5.11 Å². The zero-order chi connectivity index (χ0) is 10.9. The molecule has 0 amide bonds. The van der Waals surface area contributed by atoms with E-state index in [1.54, 1.807) is 0 Å². The fraction of sp³-hybridized carbons (Fsp3) is 0.429. The van der Waals surface area contributed by atoms with Gasteiger partial charge in [-0.15, -0.1) is 11.3 Å². The minimum absolute atomic E-state index is 0.284. The average Bonchev–Trinajstić information content (AvgIpc) is 2.48. The Labute approximate surface area is 79.8 Å². The van der Waals surface area contributed by atoms with Gasteiger partial charge in [0.2, 0.25) is 0 Å². The number of thiophene rings is 1. The molecule has 1 N–H and O–H groups in total. The van der Waals surface area contributed by atoms with Crippen molar-refractivity contribution in [3.63, 3.8) is 0 Å². The summed E-state index contributed by atoms with van der Waals surface area (Å²) < 4.78 is 60.4. The summed E-state index contributed by atoms with van der Waals surface area (Å²) in [5.74, 6) is 0. The van der Waals surface area contributed by atoms with Crippen LogP contribution in [0.2, 0.25) is 0 Å². The number of aliphatic hydroxyl groups is 1. The molecule has 0 spiro atoms. The number of rotatable bonds is 2. The molecule has 1 aromatic rings. The van der Waals surface area contributed by atoms with Gasteiger partial charge in [-0.05, 0) is 11.4 Å². The highest BCUT2D eigenvalue weighted by atomic mass is 32.1. The van der Waals surface area contributed by atoms with E-state index >= 15 is 0 Å². The van der Waals surface area contributed by atoms with Crippen LogP contribution in [0.3, 0.4) is 0 Å². The Balaban J connectivity index is 3.05. The van der Waals surface area contributed by atoms with Crippen molar-refractivity contribution in [1.82, 2.24) is 0 Å². The lowest BCUT2D eigenvalue weighted by molar-refractivity contribution is -0.136. The maximum Gasteiger partial charge on any atom is 0.425 e. The molecule has 1 nitrogen and oxygen atoms in total. The smallest absolute Gasteiger partial charge is 0.382 e.